The predicted octanol–water partition coefficient (Wildman–Crippen LogP) is 2.72. The lowest BCUT2D eigenvalue weighted by molar-refractivity contribution is -0.170. The Balaban J connectivity index is 1.32. The molecule has 9 heteroatoms. The molecule has 0 unspecified atom stereocenters. The second kappa shape index (κ2) is 7.85. The quantitative estimate of drug-likeness (QED) is 0.353. The van der Waals surface area contributed by atoms with Crippen molar-refractivity contribution >= 4 is 17.6 Å². The van der Waals surface area contributed by atoms with Crippen molar-refractivity contribution in [2.45, 2.75) is 48.8 Å². The molecule has 196 valence electrons. The number of rotatable bonds is 5. The molecule has 9 nitrogen and oxygen atoms in total. The van der Waals surface area contributed by atoms with Crippen molar-refractivity contribution in [1.82, 2.24) is 4.90 Å². The fraction of sp³-hybridized carbons (Fsp3) is 0.379. The van der Waals surface area contributed by atoms with Crippen LogP contribution in [0.1, 0.15) is 40.7 Å². The van der Waals surface area contributed by atoms with Crippen LogP contribution in [0.4, 0.5) is 5.69 Å². The Kier molecular flexibility index (Phi) is 4.81. The molecule has 0 radical (unpaired) electrons. The van der Waals surface area contributed by atoms with E-state index in [2.05, 4.69) is 16.3 Å². The number of ether oxygens (including phenoxy) is 2. The molecule has 1 fully saturated rings. The summed E-state index contributed by atoms with van der Waals surface area (Å²) in [5.41, 5.74) is 1.34. The highest BCUT2D eigenvalue weighted by atomic mass is 16.5. The third-order valence-corrected chi connectivity index (χ3v) is 9.04. The summed E-state index contributed by atoms with van der Waals surface area (Å²) < 4.78 is 11.0. The van der Waals surface area contributed by atoms with Crippen LogP contribution in [-0.4, -0.2) is 70.0 Å². The molecule has 7 rings (SSSR count). The zero-order chi connectivity index (χ0) is 26.4. The van der Waals surface area contributed by atoms with Crippen LogP contribution in [-0.2, 0) is 21.4 Å². The van der Waals surface area contributed by atoms with Gasteiger partial charge in [0.1, 0.15) is 5.76 Å². The van der Waals surface area contributed by atoms with Crippen molar-refractivity contribution in [3.05, 3.63) is 76.1 Å². The molecule has 5 aliphatic rings. The molecule has 38 heavy (non-hydrogen) atoms. The first-order valence-corrected chi connectivity index (χ1v) is 12.8. The Morgan fingerprint density at radius 2 is 2.05 bits per heavy atom. The zero-order valence-corrected chi connectivity index (χ0v) is 20.9. The third-order valence-electron chi connectivity index (χ3n) is 9.04. The molecular weight excluding hydrogens is 488 g/mol. The third kappa shape index (κ3) is 3.00. The minimum Gasteiger partial charge on any atom is -0.508 e. The van der Waals surface area contributed by atoms with E-state index >= 15 is 0 Å². The maximum Gasteiger partial charge on any atom is 0.337 e. The number of benzene rings is 2. The zero-order valence-electron chi connectivity index (χ0n) is 20.9. The van der Waals surface area contributed by atoms with Gasteiger partial charge in [-0.3, -0.25) is 9.69 Å². The van der Waals surface area contributed by atoms with Gasteiger partial charge in [-0.25, -0.2) is 4.79 Å². The van der Waals surface area contributed by atoms with Crippen molar-refractivity contribution in [2.75, 3.05) is 25.5 Å². The number of piperidine rings is 1. The number of anilines is 1. The standard InChI is InChI=1S/C29H28N2O7/c1-37-27(35)17-3-2-4-18(11-17)30-26(34)19-13-29(36)21-12-16-7-8-20(32)24-22(16)28(29,25(38-24)23(19)33)9-10-31(21)14-15-5-6-15/h2-5,7-8,11,21,25,32-33,36H,6,9-10,12-14H2,1H3,(H,30,34)/t21-,25+,28+,29-/m1/s1. The van der Waals surface area contributed by atoms with E-state index in [4.69, 9.17) is 9.47 Å². The van der Waals surface area contributed by atoms with Crippen LogP contribution in [0.3, 0.4) is 0 Å². The van der Waals surface area contributed by atoms with Crippen molar-refractivity contribution in [3.63, 3.8) is 0 Å². The number of methoxy groups -OCH3 is 1. The molecule has 4 N–H and O–H groups in total. The minimum absolute atomic E-state index is 0.0322. The molecule has 2 heterocycles. The van der Waals surface area contributed by atoms with E-state index in [0.717, 1.165) is 24.1 Å². The molecule has 3 aliphatic carbocycles. The Morgan fingerprint density at radius 1 is 1.24 bits per heavy atom. The van der Waals surface area contributed by atoms with Crippen molar-refractivity contribution in [1.29, 1.82) is 0 Å². The first-order valence-electron chi connectivity index (χ1n) is 12.8. The Hall–Kier alpha value is -3.82. The number of carbonyl (C=O) groups excluding carboxylic acids is 2. The smallest absolute Gasteiger partial charge is 0.337 e. The molecule has 2 aromatic carbocycles. The Labute approximate surface area is 219 Å². The van der Waals surface area contributed by atoms with Crippen LogP contribution in [0.5, 0.6) is 11.5 Å². The number of carbonyl (C=O) groups is 2. The number of allylic oxidation sites excluding steroid dienone is 1. The van der Waals surface area contributed by atoms with Gasteiger partial charge in [0.2, 0.25) is 0 Å². The van der Waals surface area contributed by atoms with Gasteiger partial charge in [-0.1, -0.05) is 23.8 Å². The topological polar surface area (TPSA) is 129 Å². The summed E-state index contributed by atoms with van der Waals surface area (Å²) >= 11 is 0. The lowest BCUT2D eigenvalue weighted by atomic mass is 9.49. The molecule has 1 saturated heterocycles. The second-order valence-corrected chi connectivity index (χ2v) is 10.9. The number of amides is 1. The van der Waals surface area contributed by atoms with Crippen molar-refractivity contribution in [3.8, 4) is 11.5 Å². The second-order valence-electron chi connectivity index (χ2n) is 10.9. The predicted molar refractivity (Wildman–Crippen MR) is 136 cm³/mol. The highest BCUT2D eigenvalue weighted by Crippen LogP contribution is 2.66. The molecular formula is C29H28N2O7. The normalized spacial score (nSPS) is 30.2. The lowest BCUT2D eigenvalue weighted by Crippen LogP contribution is -2.75. The van der Waals surface area contributed by atoms with Gasteiger partial charge in [0.05, 0.1) is 29.3 Å². The van der Waals surface area contributed by atoms with Gasteiger partial charge >= 0.3 is 5.97 Å². The SMILES string of the molecule is COC(=O)c1cccc(NC(=O)C2=C(O)[C@@H]3Oc4c(O)ccc5c4[C@@]34CCN(CC3=CC3)[C@H](C5)[C@]4(O)C2)c1. The number of aliphatic hydroxyl groups is 2. The van der Waals surface area contributed by atoms with Crippen LogP contribution >= 0.6 is 0 Å². The van der Waals surface area contributed by atoms with Gasteiger partial charge in [-0.05, 0) is 49.1 Å². The number of aromatic hydroxyl groups is 1. The van der Waals surface area contributed by atoms with E-state index in [1.807, 2.05) is 6.07 Å². The monoisotopic (exact) mass is 516 g/mol. The van der Waals surface area contributed by atoms with Crippen LogP contribution in [0.15, 0.2) is 59.4 Å². The highest BCUT2D eigenvalue weighted by Gasteiger charge is 2.73. The van der Waals surface area contributed by atoms with Gasteiger partial charge in [-0.2, -0.15) is 0 Å². The van der Waals surface area contributed by atoms with Gasteiger partial charge in [0.25, 0.3) is 5.91 Å². The Morgan fingerprint density at radius 3 is 2.82 bits per heavy atom. The number of nitrogens with zero attached hydrogens (tertiary/aromatic N) is 1. The average molecular weight is 517 g/mol. The first kappa shape index (κ1) is 23.3. The molecule has 0 aromatic heterocycles. The summed E-state index contributed by atoms with van der Waals surface area (Å²) in [6.45, 7) is 1.46. The maximum atomic E-state index is 13.6. The summed E-state index contributed by atoms with van der Waals surface area (Å²) in [7, 11) is 1.28. The molecule has 2 aromatic rings. The number of hydrogen-bond acceptors (Lipinski definition) is 8. The summed E-state index contributed by atoms with van der Waals surface area (Å²) in [5.74, 6) is -1.13. The number of nitrogens with one attached hydrogen (secondary N) is 1. The Bertz CT molecular complexity index is 1480. The molecule has 1 spiro atoms. The van der Waals surface area contributed by atoms with Crippen LogP contribution in [0, 0.1) is 0 Å². The number of aliphatic hydroxyl groups excluding tert-OH is 1. The summed E-state index contributed by atoms with van der Waals surface area (Å²) in [4.78, 5) is 27.8. The first-order chi connectivity index (χ1) is 18.3. The maximum absolute atomic E-state index is 13.6. The number of likely N-dealkylation sites (tertiary alicyclic amines) is 1. The molecule has 2 aliphatic heterocycles. The van der Waals surface area contributed by atoms with E-state index < -0.39 is 29.0 Å². The molecule has 1 amide bonds. The molecule has 4 atom stereocenters. The summed E-state index contributed by atoms with van der Waals surface area (Å²) in [6, 6.07) is 9.50. The van der Waals surface area contributed by atoms with Crippen LogP contribution in [0.25, 0.3) is 0 Å². The number of hydrogen-bond donors (Lipinski definition) is 4. The van der Waals surface area contributed by atoms with Gasteiger partial charge in [0, 0.05) is 36.8 Å². The van der Waals surface area contributed by atoms with Crippen molar-refractivity contribution < 1.29 is 34.4 Å². The fourth-order valence-corrected chi connectivity index (χ4v) is 7.22. The molecule has 0 saturated carbocycles. The lowest BCUT2D eigenvalue weighted by Gasteiger charge is -2.62. The molecule has 2 bridgehead atoms. The van der Waals surface area contributed by atoms with Gasteiger partial charge in [-0.15, -0.1) is 0 Å². The van der Waals surface area contributed by atoms with E-state index in [0.29, 0.717) is 25.1 Å². The fourth-order valence-electron chi connectivity index (χ4n) is 7.22. The van der Waals surface area contributed by atoms with E-state index in [1.54, 1.807) is 24.3 Å². The largest absolute Gasteiger partial charge is 0.508 e. The number of phenols is 1. The van der Waals surface area contributed by atoms with Crippen molar-refractivity contribution in [2.24, 2.45) is 0 Å². The van der Waals surface area contributed by atoms with E-state index in [-0.39, 0.29) is 40.9 Å². The summed E-state index contributed by atoms with van der Waals surface area (Å²) in [6.07, 6.45) is 3.14. The van der Waals surface area contributed by atoms with Gasteiger partial charge in [0.15, 0.2) is 17.6 Å². The van der Waals surface area contributed by atoms with Crippen LogP contribution in [0.2, 0.25) is 0 Å². The minimum atomic E-state index is -1.41. The number of esters is 1. The van der Waals surface area contributed by atoms with Crippen LogP contribution < -0.4 is 10.1 Å². The highest BCUT2D eigenvalue weighted by molar-refractivity contribution is 6.05. The van der Waals surface area contributed by atoms with Gasteiger partial charge < -0.3 is 30.1 Å². The van der Waals surface area contributed by atoms with E-state index in [1.165, 1.54) is 18.7 Å². The van der Waals surface area contributed by atoms with E-state index in [9.17, 15) is 24.9 Å². The number of phenolic OH excluding ortho intramolecular Hbond substituents is 1. The summed E-state index contributed by atoms with van der Waals surface area (Å²) in [5, 5.41) is 37.6. The average Bonchev–Trinajstić information content (AvgIpc) is 3.65.